The van der Waals surface area contributed by atoms with Crippen molar-refractivity contribution in [3.63, 3.8) is 0 Å². The molecule has 818 valence electrons. The highest BCUT2D eigenvalue weighted by Crippen LogP contribution is 2.48. The van der Waals surface area contributed by atoms with Gasteiger partial charge in [0.15, 0.2) is 5.79 Å². The van der Waals surface area contributed by atoms with E-state index in [0.29, 0.717) is 67.8 Å². The molecule has 7 nitrogen and oxygen atoms in total. The lowest BCUT2D eigenvalue weighted by Crippen LogP contribution is -2.45. The van der Waals surface area contributed by atoms with E-state index in [-0.39, 0.29) is 93.6 Å². The van der Waals surface area contributed by atoms with Gasteiger partial charge in [0.25, 0.3) is 0 Å². The van der Waals surface area contributed by atoms with Gasteiger partial charge in [-0.15, -0.1) is 0 Å². The first-order chi connectivity index (χ1) is 60.9. The molecule has 2 saturated carbocycles. The molecule has 10 rings (SSSR count). The smallest absolute Gasteiger partial charge is 0.316 e. The number of likely N-dealkylation sites (tertiary alicyclic amines) is 1. The Morgan fingerprint density at radius 2 is 0.793 bits per heavy atom. The Morgan fingerprint density at radius 3 is 1.13 bits per heavy atom. The molecule has 1 aromatic heterocycles. The minimum absolute atomic E-state index is 0. The first kappa shape index (κ1) is 147. The van der Waals surface area contributed by atoms with Gasteiger partial charge in [-0.3, -0.25) is 0 Å². The Bertz CT molecular complexity index is 3990. The second-order valence-corrected chi connectivity index (χ2v) is 55.2. The highest BCUT2D eigenvalue weighted by molar-refractivity contribution is 5.25. The van der Waals surface area contributed by atoms with Gasteiger partial charge in [0.1, 0.15) is 23.3 Å². The van der Waals surface area contributed by atoms with E-state index < -0.39 is 17.6 Å². The molecule has 2 aliphatic heterocycles. The van der Waals surface area contributed by atoms with Crippen molar-refractivity contribution in [2.75, 3.05) is 53.2 Å². The number of nitrogens with zero attached hydrogens (tertiary/aromatic N) is 3. The Hall–Kier alpha value is -5.60. The predicted octanol–water partition coefficient (Wildman–Crippen LogP) is 40.7. The van der Waals surface area contributed by atoms with Crippen molar-refractivity contribution in [2.24, 2.45) is 81.7 Å². The maximum Gasteiger partial charge on any atom is 0.316 e. The zero-order valence-electron chi connectivity index (χ0n) is 95.6. The molecule has 0 N–H and O–H groups in total. The summed E-state index contributed by atoms with van der Waals surface area (Å²) >= 11 is 0. The normalized spacial score (nSPS) is 15.0. The van der Waals surface area contributed by atoms with Gasteiger partial charge in [0.05, 0.1) is 19.8 Å². The molecular weight excluding hydrogens is 1750 g/mol. The van der Waals surface area contributed by atoms with Crippen LogP contribution in [0.15, 0.2) is 134 Å². The molecule has 13 heteroatoms. The van der Waals surface area contributed by atoms with Crippen LogP contribution in [0, 0.1) is 119 Å². The van der Waals surface area contributed by atoms with Gasteiger partial charge in [-0.2, -0.15) is 0 Å². The van der Waals surface area contributed by atoms with Gasteiger partial charge >= 0.3 is 6.01 Å². The maximum absolute atomic E-state index is 13.2. The number of alkyl halides is 2. The maximum atomic E-state index is 13.2. The van der Waals surface area contributed by atoms with Crippen LogP contribution >= 0.6 is 0 Å². The second-order valence-electron chi connectivity index (χ2n) is 55.2. The zero-order chi connectivity index (χ0) is 105. The van der Waals surface area contributed by atoms with E-state index in [1.54, 1.807) is 44.6 Å². The van der Waals surface area contributed by atoms with E-state index in [1.165, 1.54) is 125 Å². The number of aryl methyl sites for hydroxylation is 2. The number of hydrogen-bond acceptors (Lipinski definition) is 7. The van der Waals surface area contributed by atoms with Crippen molar-refractivity contribution in [1.82, 2.24) is 14.9 Å². The highest BCUT2D eigenvalue weighted by atomic mass is 19.3. The van der Waals surface area contributed by atoms with Gasteiger partial charge in [0, 0.05) is 49.9 Å². The van der Waals surface area contributed by atoms with Crippen molar-refractivity contribution >= 4 is 0 Å². The van der Waals surface area contributed by atoms with Crippen molar-refractivity contribution < 1.29 is 45.3 Å². The summed E-state index contributed by atoms with van der Waals surface area (Å²) in [6, 6.07) is 38.1. The molecule has 0 atom stereocenters. The van der Waals surface area contributed by atoms with Crippen LogP contribution < -0.4 is 4.74 Å². The lowest BCUT2D eigenvalue weighted by atomic mass is 9.63. The molecule has 6 aromatic rings. The van der Waals surface area contributed by atoms with Crippen LogP contribution in [0.5, 0.6) is 6.01 Å². The number of benzene rings is 5. The number of ether oxygens (including phenoxy) is 4. The fourth-order valence-corrected chi connectivity index (χ4v) is 14.9. The van der Waals surface area contributed by atoms with E-state index in [2.05, 4.69) is 312 Å². The number of rotatable bonds is 17. The van der Waals surface area contributed by atoms with E-state index >= 15 is 0 Å². The van der Waals surface area contributed by atoms with Crippen molar-refractivity contribution in [2.45, 2.75) is 475 Å². The monoisotopic (exact) mass is 1970 g/mol. The van der Waals surface area contributed by atoms with Gasteiger partial charge in [-0.1, -0.05) is 423 Å². The Labute approximate surface area is 866 Å². The lowest BCUT2D eigenvalue weighted by Gasteiger charge is -2.42. The highest BCUT2D eigenvalue weighted by Gasteiger charge is 2.38. The van der Waals surface area contributed by atoms with Crippen LogP contribution in [0.4, 0.5) is 26.3 Å². The topological polar surface area (TPSA) is 65.9 Å². The molecule has 4 fully saturated rings. The molecular formula is C127H229F6N3O4. The number of halogens is 6. The third-order valence-electron chi connectivity index (χ3n) is 21.7. The van der Waals surface area contributed by atoms with Crippen LogP contribution in [0.2, 0.25) is 0 Å². The van der Waals surface area contributed by atoms with Crippen LogP contribution in [-0.4, -0.2) is 79.7 Å². The number of aromatic nitrogens is 2. The summed E-state index contributed by atoms with van der Waals surface area (Å²) in [6.45, 7) is 99.5. The number of hydrogen-bond donors (Lipinski definition) is 0. The summed E-state index contributed by atoms with van der Waals surface area (Å²) in [5.74, 6) is -2.87. The Balaban J connectivity index is -0.000000276. The molecule has 2 aliphatic carbocycles. The number of methoxy groups -OCH3 is 1. The third kappa shape index (κ3) is 92.3. The van der Waals surface area contributed by atoms with Crippen LogP contribution in [-0.2, 0) is 46.3 Å². The predicted molar refractivity (Wildman–Crippen MR) is 609 cm³/mol. The van der Waals surface area contributed by atoms with Gasteiger partial charge < -0.3 is 23.8 Å². The van der Waals surface area contributed by atoms with Crippen molar-refractivity contribution in [3.8, 4) is 6.01 Å². The first-order valence-corrected chi connectivity index (χ1v) is 51.1. The molecule has 0 bridgehead atoms. The third-order valence-corrected chi connectivity index (χ3v) is 21.7. The van der Waals surface area contributed by atoms with E-state index in [0.717, 1.165) is 101 Å². The summed E-state index contributed by atoms with van der Waals surface area (Å²) in [6.07, 6.45) is 26.4. The average molecular weight is 1980 g/mol. The minimum Gasteiger partial charge on any atom is -0.463 e. The molecule has 0 unspecified atom stereocenters. The molecule has 140 heavy (non-hydrogen) atoms. The fraction of sp³-hybridized carbons (Fsp3) is 0.732. The summed E-state index contributed by atoms with van der Waals surface area (Å²) in [5, 5.41) is 0. The Morgan fingerprint density at radius 1 is 0.393 bits per heavy atom. The van der Waals surface area contributed by atoms with E-state index in [9.17, 15) is 26.3 Å². The lowest BCUT2D eigenvalue weighted by molar-refractivity contribution is -0.293. The van der Waals surface area contributed by atoms with Crippen molar-refractivity contribution in [3.05, 3.63) is 196 Å². The van der Waals surface area contributed by atoms with Gasteiger partial charge in [-0.25, -0.2) is 36.3 Å². The summed E-state index contributed by atoms with van der Waals surface area (Å²) < 4.78 is 99.0. The van der Waals surface area contributed by atoms with E-state index in [1.807, 2.05) is 65.8 Å². The van der Waals surface area contributed by atoms with E-state index in [4.69, 9.17) is 18.9 Å². The molecule has 4 aliphatic rings. The summed E-state index contributed by atoms with van der Waals surface area (Å²) in [4.78, 5) is 10.5. The van der Waals surface area contributed by atoms with Crippen LogP contribution in [0.3, 0.4) is 0 Å². The SMILES string of the molecule is C.C.C.C.C.CC(C)(C)CC(C)(F)F.CC(C)(C)CC1(C)CCC1.CC(C)(C)CC1CC1.CC(C)(C)CCC1(C)OCC(C)(C)CO1.CC(C)(C)CCN1CCCC1.CC(C)(C)CCOc1ncccn1.CC(C)(C)Cc1c(F)cccc1F.CC(C)(C)Cc1ccccc1.CC(C)(C)Cc1ccccc1F.COCCC(C)(C)C.Cc1ccc(CC(C)(C)C)cc1.Cc1ccc(CC(C)(C)C)cc1F. The first-order valence-electron chi connectivity index (χ1n) is 51.1. The van der Waals surface area contributed by atoms with Crippen LogP contribution in [0.1, 0.15) is 456 Å². The standard InChI is InChI=1S/C13H26O2.C12H17F.C12H18.C11H14F2.C11H15F.C11H16.C10H16N2O.C10H21N.C10H20.C8H16.C7H14F2.C7H16O.5CH4/c1-11(2,3)7-8-13(6)14-9-12(4,5)10-15-13;1-9-5-6-10(7-11(9)13)8-12(2,3)4;1-10-5-7-11(8-6-10)9-12(2,3)4;1-11(2,3)7-8-9(12)5-4-6-10(8)13;1-11(2,3)8-9-6-4-5-7-10(9)12;1-11(2,3)9-10-7-5-4-6-8-10;1-10(2,3)5-8-13-9-11-6-4-7-12-9;1-10(2,3)6-9-11-7-4-5-8-11;1-9(2,3)8-10(4)6-5-7-10;1-8(2,3)6-7-4-5-7;1-6(2,3)5-7(4,8)9;1-7(2,3)5-6-8-4;;;;;/h7-10H2,1-6H3;5-7H,8H2,1-4H3;5-8H,9H2,1-4H3;4-6H,7H2,1-3H3;4-7H,8H2,1-3H3;4-8H,9H2,1-3H3;4,6-7H,5,8H2,1-3H3;4-9H2,1-3H3;5-8H2,1-4H3;7H,4-6H2,1-3H3;5H2,1-4H3;5-6H2,1-4H3;5*1H4. The van der Waals surface area contributed by atoms with Gasteiger partial charge in [0.2, 0.25) is 5.92 Å². The van der Waals surface area contributed by atoms with Gasteiger partial charge in [-0.05, 0) is 278 Å². The molecule has 0 spiro atoms. The Kier molecular flexibility index (Phi) is 70.1. The summed E-state index contributed by atoms with van der Waals surface area (Å²) in [5.41, 5.74) is 11.4. The minimum atomic E-state index is -2.52. The quantitative estimate of drug-likeness (QED) is 0.0843. The largest absolute Gasteiger partial charge is 0.463 e. The van der Waals surface area contributed by atoms with Crippen molar-refractivity contribution in [1.29, 1.82) is 0 Å². The fourth-order valence-electron chi connectivity index (χ4n) is 14.9. The zero-order valence-corrected chi connectivity index (χ0v) is 95.6. The molecule has 3 heterocycles. The average Bonchev–Trinajstić information content (AvgIpc) is 0.981. The molecule has 0 amide bonds. The molecule has 5 aromatic carbocycles. The summed E-state index contributed by atoms with van der Waals surface area (Å²) in [7, 11) is 1.74. The second kappa shape index (κ2) is 66.6. The van der Waals surface area contributed by atoms with Crippen LogP contribution in [0.25, 0.3) is 0 Å². The molecule has 2 saturated heterocycles. The molecule has 0 radical (unpaired) electrons.